The lowest BCUT2D eigenvalue weighted by Crippen LogP contribution is -2.04. The Labute approximate surface area is 171 Å². The largest absolute Gasteiger partial charge is 0.454 e. The quantitative estimate of drug-likeness (QED) is 0.350. The van der Waals surface area contributed by atoms with Crippen LogP contribution >= 0.6 is 34.8 Å². The molecule has 0 N–H and O–H groups in total. The molecule has 1 fully saturated rings. The topological polar surface area (TPSA) is 78.6 Å². The molecule has 0 aliphatic carbocycles. The maximum Gasteiger partial charge on any atom is 0.167 e. The third-order valence-electron chi connectivity index (χ3n) is 3.89. The second-order valence-electron chi connectivity index (χ2n) is 5.77. The van der Waals surface area contributed by atoms with Crippen LogP contribution in [0.2, 0.25) is 15.1 Å². The lowest BCUT2D eigenvalue weighted by Gasteiger charge is -2.13. The van der Waals surface area contributed by atoms with E-state index in [1.165, 1.54) is 0 Å². The highest BCUT2D eigenvalue weighted by Gasteiger charge is 2.23. The van der Waals surface area contributed by atoms with E-state index >= 15 is 0 Å². The number of halogens is 3. The van der Waals surface area contributed by atoms with Crippen molar-refractivity contribution in [3.63, 3.8) is 0 Å². The third-order valence-corrected chi connectivity index (χ3v) is 5.08. The zero-order valence-electron chi connectivity index (χ0n) is 14.0. The highest BCUT2D eigenvalue weighted by atomic mass is 35.5. The number of nitrogens with zero attached hydrogens (tertiary/aromatic N) is 2. The van der Waals surface area contributed by atoms with Crippen LogP contribution in [0.4, 0.5) is 0 Å². The number of benzene rings is 2. The standard InChI is InChI=1S/C19H13Cl3N2O3/c20-16-14(7-23)15(8-24)17(21)19(18(16)22)27-12-3-1-11(2-4-12)5-6-25-9-13-10-26-13/h1-4,13H,5-6,9-10H2. The molecule has 1 aliphatic rings. The van der Waals surface area contributed by atoms with E-state index in [1.807, 2.05) is 24.3 Å². The van der Waals surface area contributed by atoms with Crippen molar-refractivity contribution in [2.75, 3.05) is 19.8 Å². The zero-order valence-corrected chi connectivity index (χ0v) is 16.2. The van der Waals surface area contributed by atoms with Crippen LogP contribution in [-0.4, -0.2) is 25.9 Å². The first-order valence-electron chi connectivity index (χ1n) is 8.02. The zero-order chi connectivity index (χ0) is 19.4. The van der Waals surface area contributed by atoms with Crippen molar-refractivity contribution in [2.24, 2.45) is 0 Å². The number of nitriles is 2. The van der Waals surface area contributed by atoms with Gasteiger partial charge in [0.05, 0.1) is 36.0 Å². The van der Waals surface area contributed by atoms with Crippen LogP contribution < -0.4 is 4.74 Å². The molecule has 3 rings (SSSR count). The molecule has 1 atom stereocenters. The fourth-order valence-electron chi connectivity index (χ4n) is 2.35. The summed E-state index contributed by atoms with van der Waals surface area (Å²) in [5.74, 6) is 0.513. The number of rotatable bonds is 7. The molecule has 1 unspecified atom stereocenters. The van der Waals surface area contributed by atoms with Crippen molar-refractivity contribution in [3.8, 4) is 23.6 Å². The van der Waals surface area contributed by atoms with Gasteiger partial charge in [0.1, 0.15) is 34.0 Å². The Morgan fingerprint density at radius 2 is 1.63 bits per heavy atom. The van der Waals surface area contributed by atoms with Gasteiger partial charge in [-0.05, 0) is 24.1 Å². The second kappa shape index (κ2) is 8.80. The fourth-order valence-corrected chi connectivity index (χ4v) is 3.12. The number of epoxide rings is 1. The molecule has 5 nitrogen and oxygen atoms in total. The predicted octanol–water partition coefficient (Wildman–Crippen LogP) is 5.14. The van der Waals surface area contributed by atoms with Gasteiger partial charge in [-0.2, -0.15) is 10.5 Å². The molecule has 0 amide bonds. The number of hydrogen-bond acceptors (Lipinski definition) is 5. The van der Waals surface area contributed by atoms with E-state index in [-0.39, 0.29) is 38.0 Å². The summed E-state index contributed by atoms with van der Waals surface area (Å²) in [6.45, 7) is 2.01. The smallest absolute Gasteiger partial charge is 0.167 e. The van der Waals surface area contributed by atoms with Crippen LogP contribution in [0.15, 0.2) is 24.3 Å². The summed E-state index contributed by atoms with van der Waals surface area (Å²) in [6, 6.07) is 11.0. The molecular weight excluding hydrogens is 411 g/mol. The van der Waals surface area contributed by atoms with Crippen LogP contribution in [0.5, 0.6) is 11.5 Å². The molecule has 8 heteroatoms. The SMILES string of the molecule is N#Cc1c(Cl)c(Cl)c(Oc2ccc(CCOCC3CO3)cc2)c(Cl)c1C#N. The summed E-state index contributed by atoms with van der Waals surface area (Å²) >= 11 is 18.5. The molecule has 0 radical (unpaired) electrons. The van der Waals surface area contributed by atoms with Crippen LogP contribution in [0.1, 0.15) is 16.7 Å². The van der Waals surface area contributed by atoms with Gasteiger partial charge in [-0.3, -0.25) is 0 Å². The van der Waals surface area contributed by atoms with E-state index in [4.69, 9.17) is 54.3 Å². The lowest BCUT2D eigenvalue weighted by molar-refractivity contribution is 0.119. The Morgan fingerprint density at radius 3 is 2.22 bits per heavy atom. The van der Waals surface area contributed by atoms with Gasteiger partial charge < -0.3 is 14.2 Å². The number of ether oxygens (including phenoxy) is 3. The Bertz CT molecular complexity index is 929. The predicted molar refractivity (Wildman–Crippen MR) is 102 cm³/mol. The van der Waals surface area contributed by atoms with Crippen LogP contribution in [-0.2, 0) is 15.9 Å². The molecule has 0 saturated carbocycles. The average Bonchev–Trinajstić information content (AvgIpc) is 3.50. The molecule has 138 valence electrons. The maximum atomic E-state index is 9.25. The molecule has 27 heavy (non-hydrogen) atoms. The van der Waals surface area contributed by atoms with Crippen molar-refractivity contribution in [3.05, 3.63) is 56.0 Å². The lowest BCUT2D eigenvalue weighted by atomic mass is 10.1. The van der Waals surface area contributed by atoms with E-state index in [2.05, 4.69) is 0 Å². The number of hydrogen-bond donors (Lipinski definition) is 0. The van der Waals surface area contributed by atoms with E-state index in [1.54, 1.807) is 12.1 Å². The van der Waals surface area contributed by atoms with Crippen molar-refractivity contribution >= 4 is 34.8 Å². The Morgan fingerprint density at radius 1 is 1.00 bits per heavy atom. The molecule has 0 spiro atoms. The Kier molecular flexibility index (Phi) is 6.44. The van der Waals surface area contributed by atoms with Gasteiger partial charge in [0.15, 0.2) is 5.75 Å². The molecule has 0 aromatic heterocycles. The van der Waals surface area contributed by atoms with Crippen LogP contribution in [0, 0.1) is 22.7 Å². The third kappa shape index (κ3) is 4.65. The van der Waals surface area contributed by atoms with Gasteiger partial charge in [0.2, 0.25) is 0 Å². The van der Waals surface area contributed by atoms with Crippen molar-refractivity contribution in [2.45, 2.75) is 12.5 Å². The van der Waals surface area contributed by atoms with Crippen LogP contribution in [0.3, 0.4) is 0 Å². The van der Waals surface area contributed by atoms with Gasteiger partial charge in [-0.25, -0.2) is 0 Å². The first-order valence-corrected chi connectivity index (χ1v) is 9.15. The molecule has 1 heterocycles. The van der Waals surface area contributed by atoms with E-state index < -0.39 is 0 Å². The van der Waals surface area contributed by atoms with Crippen molar-refractivity contribution in [1.29, 1.82) is 10.5 Å². The van der Waals surface area contributed by atoms with Gasteiger partial charge in [-0.15, -0.1) is 0 Å². The summed E-state index contributed by atoms with van der Waals surface area (Å²) < 4.78 is 16.3. The van der Waals surface area contributed by atoms with E-state index in [9.17, 15) is 5.26 Å². The highest BCUT2D eigenvalue weighted by molar-refractivity contribution is 6.46. The summed E-state index contributed by atoms with van der Waals surface area (Å²) in [7, 11) is 0. The minimum atomic E-state index is -0.0755. The van der Waals surface area contributed by atoms with Gasteiger partial charge >= 0.3 is 0 Å². The fraction of sp³-hybridized carbons (Fsp3) is 0.263. The van der Waals surface area contributed by atoms with E-state index in [0.29, 0.717) is 19.0 Å². The summed E-state index contributed by atoms with van der Waals surface area (Å²) in [5, 5.41) is 18.3. The normalized spacial score (nSPS) is 15.1. The molecule has 2 aromatic rings. The second-order valence-corrected chi connectivity index (χ2v) is 6.90. The minimum absolute atomic E-state index is 0.0167. The van der Waals surface area contributed by atoms with Crippen LogP contribution in [0.25, 0.3) is 0 Å². The van der Waals surface area contributed by atoms with Gasteiger partial charge in [-0.1, -0.05) is 46.9 Å². The first kappa shape index (κ1) is 19.8. The molecule has 2 aromatic carbocycles. The van der Waals surface area contributed by atoms with Gasteiger partial charge in [0, 0.05) is 0 Å². The molecular formula is C19H13Cl3N2O3. The van der Waals surface area contributed by atoms with E-state index in [0.717, 1.165) is 18.6 Å². The Hall–Kier alpha value is -1.99. The minimum Gasteiger partial charge on any atom is -0.454 e. The summed E-state index contributed by atoms with van der Waals surface area (Å²) in [5.41, 5.74) is 0.928. The highest BCUT2D eigenvalue weighted by Crippen LogP contribution is 2.45. The van der Waals surface area contributed by atoms with Crippen molar-refractivity contribution < 1.29 is 14.2 Å². The monoisotopic (exact) mass is 422 g/mol. The molecule has 1 aliphatic heterocycles. The average molecular weight is 424 g/mol. The molecule has 1 saturated heterocycles. The summed E-state index contributed by atoms with van der Waals surface area (Å²) in [4.78, 5) is 0. The Balaban J connectivity index is 1.72. The summed E-state index contributed by atoms with van der Waals surface area (Å²) in [6.07, 6.45) is 1.02. The van der Waals surface area contributed by atoms with Crippen molar-refractivity contribution in [1.82, 2.24) is 0 Å². The maximum absolute atomic E-state index is 9.25. The molecule has 0 bridgehead atoms. The van der Waals surface area contributed by atoms with Gasteiger partial charge in [0.25, 0.3) is 0 Å². The first-order chi connectivity index (χ1) is 13.0.